The third-order valence-electron chi connectivity index (χ3n) is 5.53. The van der Waals surface area contributed by atoms with E-state index in [1.54, 1.807) is 0 Å². The van der Waals surface area contributed by atoms with Crippen LogP contribution < -0.4 is 40.0 Å². The number of amides is 3. The number of phenols is 2. The average Bonchev–Trinajstić information content (AvgIpc) is 2.99. The van der Waals surface area contributed by atoms with Crippen LogP contribution in [0.15, 0.2) is 29.7 Å². The van der Waals surface area contributed by atoms with Crippen LogP contribution in [0, 0.1) is 5.92 Å². The standard InChI is InChI=1S/C18H19N3O9S.Na/c1-31(28,29)30-15-9-4-5-20(13-12(9)21(16(13)24)14(15)17(25)26)18(27)19-7-8-2-3-10(22)11(23)6-8;/h2-3,6,9,12-13,22-23H,4-5,7H2,1H3,(H,19,27)(H,25,26);/q;+1/p-1/t9?,12-,13+;/m1./s1. The number of piperidine rings is 1. The minimum Gasteiger partial charge on any atom is -0.543 e. The minimum absolute atomic E-state index is 0. The summed E-state index contributed by atoms with van der Waals surface area (Å²) in [5.74, 6) is -4.09. The van der Waals surface area contributed by atoms with E-state index in [1.165, 1.54) is 23.1 Å². The molecule has 0 bridgehead atoms. The maximum atomic E-state index is 12.7. The zero-order chi connectivity index (χ0) is 22.7. The Hall–Kier alpha value is -2.48. The van der Waals surface area contributed by atoms with E-state index in [1.807, 2.05) is 0 Å². The number of nitrogens with one attached hydrogen (secondary N) is 1. The zero-order valence-corrected chi connectivity index (χ0v) is 20.0. The van der Waals surface area contributed by atoms with Crippen molar-refractivity contribution >= 4 is 28.0 Å². The largest absolute Gasteiger partial charge is 1.00 e. The van der Waals surface area contributed by atoms with Crippen LogP contribution in [-0.4, -0.2) is 71.2 Å². The van der Waals surface area contributed by atoms with Crippen LogP contribution in [-0.2, 0) is 30.4 Å². The van der Waals surface area contributed by atoms with Gasteiger partial charge in [0.05, 0.1) is 18.3 Å². The Bertz CT molecular complexity index is 1140. The van der Waals surface area contributed by atoms with E-state index in [-0.39, 0.29) is 66.3 Å². The van der Waals surface area contributed by atoms with Crippen molar-refractivity contribution in [3.05, 3.63) is 35.2 Å². The molecular weight excluding hydrogens is 457 g/mol. The van der Waals surface area contributed by atoms with Gasteiger partial charge in [-0.1, -0.05) is 6.07 Å². The van der Waals surface area contributed by atoms with Crippen molar-refractivity contribution in [3.8, 4) is 11.5 Å². The molecule has 32 heavy (non-hydrogen) atoms. The second kappa shape index (κ2) is 8.46. The SMILES string of the molecule is CS(=O)(=O)OC1=C(C(=O)[O-])N2C(=O)[C@@H]3[C@H]2C1CCN3C(=O)NCc1ccc(O)c(O)c1.[Na+]. The molecular formula is C18H18N3NaO9S. The smallest absolute Gasteiger partial charge is 0.543 e. The van der Waals surface area contributed by atoms with Gasteiger partial charge in [-0.3, -0.25) is 9.69 Å². The number of carbonyl (C=O) groups excluding carboxylic acids is 3. The average molecular weight is 475 g/mol. The first-order valence-corrected chi connectivity index (χ1v) is 11.0. The number of nitrogens with zero attached hydrogens (tertiary/aromatic N) is 2. The van der Waals surface area contributed by atoms with Crippen molar-refractivity contribution < 1.29 is 71.9 Å². The number of rotatable bonds is 5. The number of benzene rings is 1. The molecule has 0 spiro atoms. The number of aliphatic carboxylic acids is 1. The van der Waals surface area contributed by atoms with Crippen LogP contribution >= 0.6 is 0 Å². The van der Waals surface area contributed by atoms with E-state index in [2.05, 4.69) is 5.32 Å². The van der Waals surface area contributed by atoms with Gasteiger partial charge in [-0.25, -0.2) is 4.79 Å². The summed E-state index contributed by atoms with van der Waals surface area (Å²) in [5, 5.41) is 33.1. The number of carboxylic acids is 1. The van der Waals surface area contributed by atoms with Crippen molar-refractivity contribution in [1.82, 2.24) is 15.1 Å². The summed E-state index contributed by atoms with van der Waals surface area (Å²) in [7, 11) is -4.04. The van der Waals surface area contributed by atoms with Gasteiger partial charge in [-0.05, 0) is 24.1 Å². The minimum atomic E-state index is -4.04. The zero-order valence-electron chi connectivity index (χ0n) is 17.1. The Morgan fingerprint density at radius 2 is 1.97 bits per heavy atom. The fraction of sp³-hybridized carbons (Fsp3) is 0.389. The van der Waals surface area contributed by atoms with E-state index in [0.717, 1.165) is 11.2 Å². The Morgan fingerprint density at radius 3 is 2.56 bits per heavy atom. The van der Waals surface area contributed by atoms with Gasteiger partial charge < -0.3 is 34.5 Å². The number of phenolic OH excluding ortho intramolecular Hbond substituents is 2. The maximum Gasteiger partial charge on any atom is 1.00 e. The van der Waals surface area contributed by atoms with Crippen molar-refractivity contribution in [1.29, 1.82) is 0 Å². The normalized spacial score (nSPS) is 23.8. The van der Waals surface area contributed by atoms with E-state index in [0.29, 0.717) is 5.56 Å². The number of likely N-dealkylation sites (tertiary alicyclic amines) is 1. The van der Waals surface area contributed by atoms with Crippen LogP contribution in [0.5, 0.6) is 11.5 Å². The fourth-order valence-corrected chi connectivity index (χ4v) is 4.82. The molecule has 1 aromatic carbocycles. The van der Waals surface area contributed by atoms with Gasteiger partial charge in [0.25, 0.3) is 5.91 Å². The second-order valence-electron chi connectivity index (χ2n) is 7.50. The quantitative estimate of drug-likeness (QED) is 0.163. The van der Waals surface area contributed by atoms with Gasteiger partial charge in [0, 0.05) is 19.0 Å². The van der Waals surface area contributed by atoms with E-state index >= 15 is 0 Å². The number of urea groups is 1. The molecule has 3 amide bonds. The summed E-state index contributed by atoms with van der Waals surface area (Å²) in [5.41, 5.74) is -0.116. The molecule has 12 nitrogen and oxygen atoms in total. The van der Waals surface area contributed by atoms with Crippen molar-refractivity contribution in [2.45, 2.75) is 25.0 Å². The molecule has 4 rings (SSSR count). The van der Waals surface area contributed by atoms with E-state index in [9.17, 15) is 38.1 Å². The third-order valence-corrected chi connectivity index (χ3v) is 6.01. The number of aromatic hydroxyl groups is 2. The second-order valence-corrected chi connectivity index (χ2v) is 9.08. The molecule has 166 valence electrons. The first kappa shape index (κ1) is 24.2. The fourth-order valence-electron chi connectivity index (χ4n) is 4.29. The molecule has 0 saturated carbocycles. The number of carboxylic acid groups (broad SMARTS) is 1. The monoisotopic (exact) mass is 475 g/mol. The first-order valence-electron chi connectivity index (χ1n) is 9.23. The number of hydrogen-bond acceptors (Lipinski definition) is 9. The summed E-state index contributed by atoms with van der Waals surface area (Å²) >= 11 is 0. The summed E-state index contributed by atoms with van der Waals surface area (Å²) in [6.45, 7) is 0.0713. The van der Waals surface area contributed by atoms with Crippen LogP contribution in [0.25, 0.3) is 0 Å². The molecule has 3 atom stereocenters. The molecule has 3 aliphatic rings. The summed E-state index contributed by atoms with van der Waals surface area (Å²) in [6, 6.07) is 1.73. The van der Waals surface area contributed by atoms with Gasteiger partial charge in [0.1, 0.15) is 11.7 Å². The molecule has 3 N–H and O–H groups in total. The maximum absolute atomic E-state index is 12.7. The van der Waals surface area contributed by atoms with Crippen molar-refractivity contribution in [3.63, 3.8) is 0 Å². The Balaban J connectivity index is 0.00000289. The topological polar surface area (TPSA) is 177 Å². The summed E-state index contributed by atoms with van der Waals surface area (Å²) < 4.78 is 28.1. The Morgan fingerprint density at radius 1 is 1.28 bits per heavy atom. The molecule has 2 saturated heterocycles. The van der Waals surface area contributed by atoms with Crippen LogP contribution in [0.4, 0.5) is 4.79 Å². The number of β-lactam (4-membered cyclic amide) rings is 1. The van der Waals surface area contributed by atoms with Crippen LogP contribution in [0.1, 0.15) is 12.0 Å². The van der Waals surface area contributed by atoms with E-state index < -0.39 is 51.7 Å². The molecule has 2 fully saturated rings. The van der Waals surface area contributed by atoms with Gasteiger partial charge in [-0.2, -0.15) is 8.42 Å². The molecule has 1 aromatic rings. The summed E-state index contributed by atoms with van der Waals surface area (Å²) in [4.78, 5) is 39.1. The van der Waals surface area contributed by atoms with Gasteiger partial charge in [0.15, 0.2) is 17.3 Å². The molecule has 0 radical (unpaired) electrons. The predicted octanol–water partition coefficient (Wildman–Crippen LogP) is -4.84. The molecule has 0 aromatic heterocycles. The number of carbonyl (C=O) groups is 3. The molecule has 0 aliphatic carbocycles. The van der Waals surface area contributed by atoms with Crippen LogP contribution in [0.2, 0.25) is 0 Å². The van der Waals surface area contributed by atoms with Crippen molar-refractivity contribution in [2.75, 3.05) is 12.8 Å². The summed E-state index contributed by atoms with van der Waals surface area (Å²) in [6.07, 6.45) is 0.950. The molecule has 1 unspecified atom stereocenters. The van der Waals surface area contributed by atoms with Gasteiger partial charge in [-0.15, -0.1) is 0 Å². The van der Waals surface area contributed by atoms with Crippen LogP contribution in [0.3, 0.4) is 0 Å². The number of hydrogen-bond donors (Lipinski definition) is 3. The van der Waals surface area contributed by atoms with Gasteiger partial charge >= 0.3 is 45.7 Å². The predicted molar refractivity (Wildman–Crippen MR) is 99.2 cm³/mol. The Labute approximate surface area is 204 Å². The van der Waals surface area contributed by atoms with Gasteiger partial charge in [0.2, 0.25) is 0 Å². The molecule has 3 aliphatic heterocycles. The molecule has 3 heterocycles. The Kier molecular flexibility index (Phi) is 6.39. The van der Waals surface area contributed by atoms with E-state index in [4.69, 9.17) is 4.18 Å². The van der Waals surface area contributed by atoms with Crippen molar-refractivity contribution in [2.24, 2.45) is 5.92 Å². The third kappa shape index (κ3) is 4.00. The molecule has 14 heteroatoms. The first-order chi connectivity index (χ1) is 14.5.